The molecule has 2 aliphatic heterocycles. The van der Waals surface area contributed by atoms with E-state index in [0.29, 0.717) is 40.7 Å². The second kappa shape index (κ2) is 10.0. The van der Waals surface area contributed by atoms with E-state index in [9.17, 15) is 18.0 Å². The summed E-state index contributed by atoms with van der Waals surface area (Å²) in [7, 11) is -2.35. The fraction of sp³-hybridized carbons (Fsp3) is 0.333. The lowest BCUT2D eigenvalue weighted by Gasteiger charge is -2.31. The number of carbonyl (C=O) groups is 2. The number of hydrogen-bond donors (Lipinski definition) is 1. The molecule has 1 fully saturated rings. The molecule has 0 unspecified atom stereocenters. The molecule has 0 aromatic heterocycles. The predicted molar refractivity (Wildman–Crippen MR) is 137 cm³/mol. The third-order valence-corrected chi connectivity index (χ3v) is 8.41. The Balaban J connectivity index is 1.42. The molecule has 36 heavy (non-hydrogen) atoms. The van der Waals surface area contributed by atoms with Gasteiger partial charge in [0.1, 0.15) is 5.75 Å². The number of imide groups is 1. The number of likely N-dealkylation sites (tertiary alicyclic amines) is 1. The zero-order valence-corrected chi connectivity index (χ0v) is 21.0. The van der Waals surface area contributed by atoms with Crippen LogP contribution in [0.1, 0.15) is 45.5 Å². The van der Waals surface area contributed by atoms with E-state index in [0.717, 1.165) is 31.5 Å². The molecule has 8 nitrogen and oxygen atoms in total. The molecule has 5 rings (SSSR count). The van der Waals surface area contributed by atoms with Crippen molar-refractivity contribution in [3.63, 3.8) is 0 Å². The van der Waals surface area contributed by atoms with Gasteiger partial charge >= 0.3 is 0 Å². The van der Waals surface area contributed by atoms with E-state index in [-0.39, 0.29) is 23.3 Å². The van der Waals surface area contributed by atoms with Crippen LogP contribution in [0.5, 0.6) is 5.75 Å². The van der Waals surface area contributed by atoms with Gasteiger partial charge in [-0.1, -0.05) is 30.7 Å². The number of hydrogen-bond acceptors (Lipinski definition) is 6. The zero-order valence-electron chi connectivity index (χ0n) is 20.2. The number of ether oxygens (including phenoxy) is 1. The summed E-state index contributed by atoms with van der Waals surface area (Å²) in [4.78, 5) is 30.3. The van der Waals surface area contributed by atoms with Gasteiger partial charge < -0.3 is 9.64 Å². The summed E-state index contributed by atoms with van der Waals surface area (Å²) in [5.41, 5.74) is 1.48. The van der Waals surface area contributed by atoms with Crippen LogP contribution in [0.2, 0.25) is 0 Å². The molecule has 1 saturated heterocycles. The second-order valence-corrected chi connectivity index (χ2v) is 10.9. The normalized spacial score (nSPS) is 16.5. The first-order valence-electron chi connectivity index (χ1n) is 12.2. The monoisotopic (exact) mass is 507 g/mol. The van der Waals surface area contributed by atoms with Crippen molar-refractivity contribution < 1.29 is 22.7 Å². The van der Waals surface area contributed by atoms with Crippen molar-refractivity contribution in [3.05, 3.63) is 71.3 Å². The van der Waals surface area contributed by atoms with Crippen molar-refractivity contribution in [2.45, 2.75) is 30.7 Å². The second-order valence-electron chi connectivity index (χ2n) is 9.18. The SMILES string of the molecule is COc1ccc(CNS(=O)(=O)c2ccc3c4c(cccc24)C(=O)N(CCN2CCCCC2)C3=O)cc1. The van der Waals surface area contributed by atoms with Gasteiger partial charge in [-0.2, -0.15) is 0 Å². The third kappa shape index (κ3) is 4.61. The zero-order chi connectivity index (χ0) is 25.3. The maximum absolute atomic E-state index is 13.3. The highest BCUT2D eigenvalue weighted by Crippen LogP contribution is 2.34. The molecule has 0 spiro atoms. The highest BCUT2D eigenvalue weighted by Gasteiger charge is 2.34. The van der Waals surface area contributed by atoms with Crippen LogP contribution in [0, 0.1) is 0 Å². The number of methoxy groups -OCH3 is 1. The molecule has 2 heterocycles. The maximum Gasteiger partial charge on any atom is 0.261 e. The van der Waals surface area contributed by atoms with E-state index >= 15 is 0 Å². The summed E-state index contributed by atoms with van der Waals surface area (Å²) in [6.45, 7) is 3.01. The van der Waals surface area contributed by atoms with Gasteiger partial charge in [-0.15, -0.1) is 0 Å². The minimum Gasteiger partial charge on any atom is -0.497 e. The van der Waals surface area contributed by atoms with Gasteiger partial charge in [0.15, 0.2) is 0 Å². The molecular weight excluding hydrogens is 478 g/mol. The van der Waals surface area contributed by atoms with Gasteiger partial charge in [-0.3, -0.25) is 14.5 Å². The van der Waals surface area contributed by atoms with Crippen LogP contribution in [0.4, 0.5) is 0 Å². The van der Waals surface area contributed by atoms with E-state index in [1.807, 2.05) is 0 Å². The van der Waals surface area contributed by atoms with Crippen LogP contribution >= 0.6 is 0 Å². The quantitative estimate of drug-likeness (QED) is 0.470. The predicted octanol–water partition coefficient (Wildman–Crippen LogP) is 3.41. The number of piperidine rings is 1. The molecule has 0 aliphatic carbocycles. The lowest BCUT2D eigenvalue weighted by molar-refractivity contribution is 0.0588. The maximum atomic E-state index is 13.3. The fourth-order valence-electron chi connectivity index (χ4n) is 4.98. The minimum atomic E-state index is -3.92. The van der Waals surface area contributed by atoms with Gasteiger partial charge in [0.05, 0.1) is 12.0 Å². The summed E-state index contributed by atoms with van der Waals surface area (Å²) < 4.78 is 34.3. The summed E-state index contributed by atoms with van der Waals surface area (Å²) in [5.74, 6) is -0.0730. The Morgan fingerprint density at radius 1 is 0.861 bits per heavy atom. The van der Waals surface area contributed by atoms with Gasteiger partial charge in [-0.05, 0) is 61.8 Å². The molecule has 1 N–H and O–H groups in total. The summed E-state index contributed by atoms with van der Waals surface area (Å²) in [5, 5.41) is 0.763. The van der Waals surface area contributed by atoms with Crippen molar-refractivity contribution in [1.82, 2.24) is 14.5 Å². The third-order valence-electron chi connectivity index (χ3n) is 6.96. The van der Waals surface area contributed by atoms with E-state index in [1.165, 1.54) is 23.5 Å². The van der Waals surface area contributed by atoms with Crippen LogP contribution in [0.3, 0.4) is 0 Å². The Labute approximate surface area is 210 Å². The molecule has 3 aromatic carbocycles. The van der Waals surface area contributed by atoms with Gasteiger partial charge in [-0.25, -0.2) is 13.1 Å². The lowest BCUT2D eigenvalue weighted by atomic mass is 9.94. The van der Waals surface area contributed by atoms with E-state index in [4.69, 9.17) is 4.74 Å². The Hall–Kier alpha value is -3.27. The molecular formula is C27H29N3O5S. The largest absolute Gasteiger partial charge is 0.497 e. The smallest absolute Gasteiger partial charge is 0.261 e. The average Bonchev–Trinajstić information content (AvgIpc) is 2.91. The van der Waals surface area contributed by atoms with Crippen molar-refractivity contribution in [2.75, 3.05) is 33.3 Å². The molecule has 9 heteroatoms. The highest BCUT2D eigenvalue weighted by molar-refractivity contribution is 7.89. The number of nitrogens with one attached hydrogen (secondary N) is 1. The summed E-state index contributed by atoms with van der Waals surface area (Å²) >= 11 is 0. The topological polar surface area (TPSA) is 96.0 Å². The number of rotatable bonds is 8. The van der Waals surface area contributed by atoms with E-state index < -0.39 is 10.0 Å². The Morgan fingerprint density at radius 3 is 2.25 bits per heavy atom. The van der Waals surface area contributed by atoms with Crippen LogP contribution in [-0.4, -0.2) is 63.3 Å². The van der Waals surface area contributed by atoms with Crippen molar-refractivity contribution >= 4 is 32.6 Å². The number of carbonyl (C=O) groups excluding carboxylic acids is 2. The molecule has 0 bridgehead atoms. The molecule has 0 radical (unpaired) electrons. The Bertz CT molecular complexity index is 1390. The van der Waals surface area contributed by atoms with Crippen LogP contribution in [-0.2, 0) is 16.6 Å². The average molecular weight is 508 g/mol. The van der Waals surface area contributed by atoms with Crippen LogP contribution in [0.15, 0.2) is 59.5 Å². The molecule has 3 aromatic rings. The summed E-state index contributed by atoms with van der Waals surface area (Å²) in [6, 6.07) is 15.1. The fourth-order valence-corrected chi connectivity index (χ4v) is 6.20. The number of sulfonamides is 1. The van der Waals surface area contributed by atoms with Gasteiger partial charge in [0.25, 0.3) is 11.8 Å². The minimum absolute atomic E-state index is 0.0407. The molecule has 2 amide bonds. The van der Waals surface area contributed by atoms with Gasteiger partial charge in [0.2, 0.25) is 10.0 Å². The van der Waals surface area contributed by atoms with Crippen molar-refractivity contribution in [2.24, 2.45) is 0 Å². The standard InChI is InChI=1S/C27H29N3O5S/c1-35-20-10-8-19(9-11-20)18-28-36(33,34)24-13-12-23-25-21(24)6-5-7-22(25)26(31)30(27(23)32)17-16-29-14-3-2-4-15-29/h5-13,28H,2-4,14-18H2,1H3. The van der Waals surface area contributed by atoms with E-state index in [2.05, 4.69) is 9.62 Å². The first-order valence-corrected chi connectivity index (χ1v) is 13.6. The first kappa shape index (κ1) is 24.4. The molecule has 0 atom stereocenters. The highest BCUT2D eigenvalue weighted by atomic mass is 32.2. The number of benzene rings is 3. The lowest BCUT2D eigenvalue weighted by Crippen LogP contribution is -2.45. The number of nitrogens with zero attached hydrogens (tertiary/aromatic N) is 2. The molecule has 0 saturated carbocycles. The summed E-state index contributed by atoms with van der Waals surface area (Å²) in [6.07, 6.45) is 3.48. The van der Waals surface area contributed by atoms with E-state index in [1.54, 1.807) is 49.6 Å². The van der Waals surface area contributed by atoms with Crippen LogP contribution in [0.25, 0.3) is 10.8 Å². The Kier molecular flexibility index (Phi) is 6.79. The Morgan fingerprint density at radius 2 is 1.56 bits per heavy atom. The number of amides is 2. The van der Waals surface area contributed by atoms with Gasteiger partial charge in [0, 0.05) is 41.5 Å². The molecule has 188 valence electrons. The van der Waals surface area contributed by atoms with Crippen molar-refractivity contribution in [3.8, 4) is 5.75 Å². The van der Waals surface area contributed by atoms with Crippen LogP contribution < -0.4 is 9.46 Å². The first-order chi connectivity index (χ1) is 17.4. The van der Waals surface area contributed by atoms with Crippen molar-refractivity contribution in [1.29, 1.82) is 0 Å². The molecule has 2 aliphatic rings.